The topological polar surface area (TPSA) is 46.2 Å². The summed E-state index contributed by atoms with van der Waals surface area (Å²) in [6.07, 6.45) is 0. The molecule has 1 N–H and O–H groups in total. The van der Waals surface area contributed by atoms with Crippen molar-refractivity contribution in [2.75, 3.05) is 18.8 Å². The van der Waals surface area contributed by atoms with Gasteiger partial charge in [-0.2, -0.15) is 0 Å². The zero-order valence-electron chi connectivity index (χ0n) is 9.00. The van der Waals surface area contributed by atoms with Crippen molar-refractivity contribution in [3.05, 3.63) is 0 Å². The molecule has 80 valence electrons. The fourth-order valence-electron chi connectivity index (χ4n) is 1.10. The van der Waals surface area contributed by atoms with Crippen molar-refractivity contribution in [3.8, 4) is 0 Å². The quantitative estimate of drug-likeness (QED) is 0.708. The molecule has 0 aromatic carbocycles. The van der Waals surface area contributed by atoms with Gasteiger partial charge in [0.1, 0.15) is 0 Å². The summed E-state index contributed by atoms with van der Waals surface area (Å²) in [4.78, 5) is 0. The first-order valence-electron chi connectivity index (χ1n) is 4.82. The molecular formula is C9H21NO2S. The zero-order chi connectivity index (χ0) is 10.5. The minimum absolute atomic E-state index is 0.217. The van der Waals surface area contributed by atoms with Gasteiger partial charge in [-0.3, -0.25) is 0 Å². The summed E-state index contributed by atoms with van der Waals surface area (Å²) in [6, 6.07) is 0. The maximum Gasteiger partial charge on any atom is 0.154 e. The van der Waals surface area contributed by atoms with Gasteiger partial charge in [-0.1, -0.05) is 20.8 Å². The Bertz CT molecular complexity index is 222. The van der Waals surface area contributed by atoms with Crippen LogP contribution in [0.3, 0.4) is 0 Å². The van der Waals surface area contributed by atoms with Crippen LogP contribution in [0.5, 0.6) is 0 Å². The van der Waals surface area contributed by atoms with Gasteiger partial charge in [0, 0.05) is 6.54 Å². The van der Waals surface area contributed by atoms with Gasteiger partial charge in [-0.15, -0.1) is 0 Å². The molecule has 1 atom stereocenters. The van der Waals surface area contributed by atoms with Gasteiger partial charge in [0.05, 0.1) is 11.0 Å². The molecule has 13 heavy (non-hydrogen) atoms. The highest BCUT2D eigenvalue weighted by molar-refractivity contribution is 7.92. The third kappa shape index (κ3) is 5.26. The first-order chi connectivity index (χ1) is 5.90. The van der Waals surface area contributed by atoms with Crippen LogP contribution in [-0.2, 0) is 9.84 Å². The molecule has 0 amide bonds. The number of sulfone groups is 1. The molecule has 0 rings (SSSR count). The summed E-state index contributed by atoms with van der Waals surface area (Å²) in [5.41, 5.74) is 0. The summed E-state index contributed by atoms with van der Waals surface area (Å²) in [6.45, 7) is 8.98. The average molecular weight is 207 g/mol. The number of nitrogens with one attached hydrogen (secondary N) is 1. The van der Waals surface area contributed by atoms with E-state index in [1.54, 1.807) is 6.92 Å². The standard InChI is InChI=1S/C9H21NO2S/c1-5-10-6-9(4)13(11,12)7-8(2)3/h8-10H,5-7H2,1-4H3. The van der Waals surface area contributed by atoms with Crippen molar-refractivity contribution in [3.63, 3.8) is 0 Å². The van der Waals surface area contributed by atoms with Gasteiger partial charge >= 0.3 is 0 Å². The van der Waals surface area contributed by atoms with Gasteiger partial charge in [0.2, 0.25) is 0 Å². The molecule has 0 aromatic heterocycles. The van der Waals surface area contributed by atoms with E-state index in [1.807, 2.05) is 20.8 Å². The summed E-state index contributed by atoms with van der Waals surface area (Å²) in [5.74, 6) is 0.508. The second-order valence-electron chi connectivity index (χ2n) is 3.84. The van der Waals surface area contributed by atoms with Crippen LogP contribution in [0.15, 0.2) is 0 Å². The van der Waals surface area contributed by atoms with E-state index < -0.39 is 9.84 Å². The Kier molecular flexibility index (Phi) is 5.56. The van der Waals surface area contributed by atoms with Gasteiger partial charge in [0.15, 0.2) is 9.84 Å². The highest BCUT2D eigenvalue weighted by Gasteiger charge is 2.21. The lowest BCUT2D eigenvalue weighted by molar-refractivity contribution is 0.562. The first kappa shape index (κ1) is 12.9. The van der Waals surface area contributed by atoms with Crippen LogP contribution in [0.1, 0.15) is 27.7 Å². The molecule has 0 spiro atoms. The second-order valence-corrected chi connectivity index (χ2v) is 6.31. The van der Waals surface area contributed by atoms with Gasteiger partial charge in [0.25, 0.3) is 0 Å². The van der Waals surface area contributed by atoms with Crippen molar-refractivity contribution in [2.45, 2.75) is 32.9 Å². The molecule has 0 bridgehead atoms. The van der Waals surface area contributed by atoms with E-state index in [4.69, 9.17) is 0 Å². The molecule has 3 nitrogen and oxygen atoms in total. The van der Waals surface area contributed by atoms with Crippen LogP contribution in [0, 0.1) is 5.92 Å². The summed E-state index contributed by atoms with van der Waals surface area (Å²) in [5, 5.41) is 2.78. The van der Waals surface area contributed by atoms with Crippen LogP contribution >= 0.6 is 0 Å². The molecule has 0 heterocycles. The maximum absolute atomic E-state index is 11.6. The van der Waals surface area contributed by atoms with Crippen LogP contribution in [0.25, 0.3) is 0 Å². The molecule has 0 saturated carbocycles. The molecule has 0 fully saturated rings. The fourth-order valence-corrected chi connectivity index (χ4v) is 2.73. The third-order valence-corrected chi connectivity index (χ3v) is 4.38. The van der Waals surface area contributed by atoms with Crippen molar-refractivity contribution in [1.82, 2.24) is 5.32 Å². The minimum atomic E-state index is -2.89. The van der Waals surface area contributed by atoms with Gasteiger partial charge < -0.3 is 5.32 Å². The van der Waals surface area contributed by atoms with Crippen LogP contribution in [-0.4, -0.2) is 32.5 Å². The highest BCUT2D eigenvalue weighted by atomic mass is 32.2. The van der Waals surface area contributed by atoms with E-state index in [1.165, 1.54) is 0 Å². The Morgan fingerprint density at radius 1 is 1.23 bits per heavy atom. The van der Waals surface area contributed by atoms with Gasteiger partial charge in [-0.05, 0) is 19.4 Å². The average Bonchev–Trinajstić information content (AvgIpc) is 1.97. The Morgan fingerprint density at radius 3 is 2.15 bits per heavy atom. The minimum Gasteiger partial charge on any atom is -0.316 e. The van der Waals surface area contributed by atoms with Crippen LogP contribution < -0.4 is 5.32 Å². The molecule has 0 aliphatic heterocycles. The van der Waals surface area contributed by atoms with E-state index in [9.17, 15) is 8.42 Å². The fraction of sp³-hybridized carbons (Fsp3) is 1.00. The number of rotatable bonds is 6. The number of hydrogen-bond acceptors (Lipinski definition) is 3. The smallest absolute Gasteiger partial charge is 0.154 e. The SMILES string of the molecule is CCNCC(C)S(=O)(=O)CC(C)C. The van der Waals surface area contributed by atoms with Crippen molar-refractivity contribution in [1.29, 1.82) is 0 Å². The predicted octanol–water partition coefficient (Wildman–Crippen LogP) is 1.06. The number of hydrogen-bond donors (Lipinski definition) is 1. The summed E-state index contributed by atoms with van der Waals surface area (Å²) < 4.78 is 23.2. The largest absolute Gasteiger partial charge is 0.316 e. The van der Waals surface area contributed by atoms with E-state index in [2.05, 4.69) is 5.32 Å². The molecule has 0 aliphatic carbocycles. The second kappa shape index (κ2) is 5.60. The molecule has 0 aliphatic rings. The van der Waals surface area contributed by atoms with E-state index >= 15 is 0 Å². The van der Waals surface area contributed by atoms with Crippen molar-refractivity contribution < 1.29 is 8.42 Å². The van der Waals surface area contributed by atoms with Crippen LogP contribution in [0.4, 0.5) is 0 Å². The molecule has 1 unspecified atom stereocenters. The first-order valence-corrected chi connectivity index (χ1v) is 6.54. The Hall–Kier alpha value is -0.0900. The van der Waals surface area contributed by atoms with Crippen molar-refractivity contribution >= 4 is 9.84 Å². The molecule has 0 aromatic rings. The Labute approximate surface area is 81.8 Å². The van der Waals surface area contributed by atoms with E-state index in [-0.39, 0.29) is 11.2 Å². The lowest BCUT2D eigenvalue weighted by Gasteiger charge is -2.14. The normalized spacial score (nSPS) is 14.8. The maximum atomic E-state index is 11.6. The van der Waals surface area contributed by atoms with E-state index in [0.29, 0.717) is 12.3 Å². The zero-order valence-corrected chi connectivity index (χ0v) is 9.82. The van der Waals surface area contributed by atoms with E-state index in [0.717, 1.165) is 6.54 Å². The molecule has 0 saturated heterocycles. The summed E-state index contributed by atoms with van der Waals surface area (Å²) in [7, 11) is -2.89. The summed E-state index contributed by atoms with van der Waals surface area (Å²) >= 11 is 0. The van der Waals surface area contributed by atoms with Crippen LogP contribution in [0.2, 0.25) is 0 Å². The highest BCUT2D eigenvalue weighted by Crippen LogP contribution is 2.06. The molecule has 0 radical (unpaired) electrons. The lowest BCUT2D eigenvalue weighted by Crippen LogP contribution is -2.33. The molecular weight excluding hydrogens is 186 g/mol. The molecule has 4 heteroatoms. The monoisotopic (exact) mass is 207 g/mol. The predicted molar refractivity (Wildman–Crippen MR) is 56.6 cm³/mol. The van der Waals surface area contributed by atoms with Gasteiger partial charge in [-0.25, -0.2) is 8.42 Å². The lowest BCUT2D eigenvalue weighted by atomic mass is 10.3. The van der Waals surface area contributed by atoms with Crippen molar-refractivity contribution in [2.24, 2.45) is 5.92 Å². The Morgan fingerprint density at radius 2 is 1.77 bits per heavy atom. The third-order valence-electron chi connectivity index (χ3n) is 1.86. The Balaban J connectivity index is 4.12.